The van der Waals surface area contributed by atoms with Crippen LogP contribution in [-0.4, -0.2) is 55.5 Å². The number of ketones is 1. The van der Waals surface area contributed by atoms with Gasteiger partial charge in [-0.05, 0) is 54.9 Å². The van der Waals surface area contributed by atoms with Crippen molar-refractivity contribution in [3.05, 3.63) is 46.0 Å². The maximum atomic E-state index is 14.6. The number of carbonyl (C=O) groups is 3. The SMILES string of the molecule is CCc1cncc(Cl)c1C(=O)CN(CC1(C)CCC1)C(=O)c1cnn([C@@H]2CC[C@@H](C(=O)O)C(C)(C)C2)c1C(F)(F)F. The number of rotatable bonds is 9. The van der Waals surface area contributed by atoms with Crippen molar-refractivity contribution in [2.45, 2.75) is 84.9 Å². The highest BCUT2D eigenvalue weighted by atomic mass is 35.5. The van der Waals surface area contributed by atoms with Crippen molar-refractivity contribution in [2.24, 2.45) is 16.7 Å². The quantitative estimate of drug-likeness (QED) is 0.332. The standard InChI is InChI=1S/C29H36ClF3N4O4/c1-5-17-12-34-14-21(30)23(17)22(38)15-36(16-28(4)9-6-10-28)25(39)19-13-35-37(24(19)29(31,32)33)18-7-8-20(26(40)41)27(2,3)11-18/h12-14,18,20H,5-11,15-16H2,1-4H3,(H,40,41)/t18-,20+/m1/s1. The summed E-state index contributed by atoms with van der Waals surface area (Å²) in [7, 11) is 0. The molecular weight excluding hydrogens is 561 g/mol. The lowest BCUT2D eigenvalue weighted by molar-refractivity contribution is -0.151. The van der Waals surface area contributed by atoms with E-state index in [1.54, 1.807) is 13.8 Å². The van der Waals surface area contributed by atoms with Gasteiger partial charge >= 0.3 is 12.1 Å². The molecule has 2 atom stereocenters. The molecule has 2 aliphatic carbocycles. The van der Waals surface area contributed by atoms with Gasteiger partial charge in [-0.3, -0.25) is 24.0 Å². The van der Waals surface area contributed by atoms with Gasteiger partial charge in [0, 0.05) is 24.5 Å². The van der Waals surface area contributed by atoms with Crippen molar-refractivity contribution >= 4 is 29.3 Å². The number of aryl methyl sites for hydroxylation is 1. The third-order valence-electron chi connectivity index (χ3n) is 8.82. The van der Waals surface area contributed by atoms with E-state index in [1.165, 1.54) is 17.3 Å². The maximum absolute atomic E-state index is 14.6. The predicted molar refractivity (Wildman–Crippen MR) is 146 cm³/mol. The van der Waals surface area contributed by atoms with Crippen LogP contribution in [0.4, 0.5) is 13.2 Å². The second-order valence-corrected chi connectivity index (χ2v) is 12.8. The van der Waals surface area contributed by atoms with Gasteiger partial charge < -0.3 is 10.0 Å². The molecule has 2 aliphatic rings. The van der Waals surface area contributed by atoms with E-state index in [4.69, 9.17) is 11.6 Å². The number of aromatic nitrogens is 3. The summed E-state index contributed by atoms with van der Waals surface area (Å²) in [5, 5.41) is 13.7. The molecule has 8 nitrogen and oxygen atoms in total. The fourth-order valence-electron chi connectivity index (χ4n) is 6.42. The lowest BCUT2D eigenvalue weighted by atomic mass is 9.67. The maximum Gasteiger partial charge on any atom is 0.433 e. The first-order valence-corrected chi connectivity index (χ1v) is 14.3. The van der Waals surface area contributed by atoms with E-state index in [0.717, 1.165) is 30.1 Å². The van der Waals surface area contributed by atoms with Crippen molar-refractivity contribution in [2.75, 3.05) is 13.1 Å². The Labute approximate surface area is 242 Å². The first-order valence-electron chi connectivity index (χ1n) is 13.9. The molecule has 0 bridgehead atoms. The minimum absolute atomic E-state index is 0.112. The minimum atomic E-state index is -4.91. The van der Waals surface area contributed by atoms with E-state index < -0.39 is 59.0 Å². The molecule has 1 amide bonds. The fraction of sp³-hybridized carbons (Fsp3) is 0.621. The Balaban J connectivity index is 1.71. The molecule has 2 saturated carbocycles. The molecule has 41 heavy (non-hydrogen) atoms. The summed E-state index contributed by atoms with van der Waals surface area (Å²) < 4.78 is 44.6. The molecule has 2 aromatic rings. The average Bonchev–Trinajstić information content (AvgIpc) is 3.31. The van der Waals surface area contributed by atoms with Gasteiger partial charge in [0.15, 0.2) is 11.5 Å². The largest absolute Gasteiger partial charge is 0.481 e. The Kier molecular flexibility index (Phi) is 8.60. The number of hydrogen-bond donors (Lipinski definition) is 1. The van der Waals surface area contributed by atoms with Crippen LogP contribution in [0.15, 0.2) is 18.6 Å². The van der Waals surface area contributed by atoms with Crippen molar-refractivity contribution in [1.29, 1.82) is 0 Å². The molecule has 4 rings (SSSR count). The third-order valence-corrected chi connectivity index (χ3v) is 9.11. The van der Waals surface area contributed by atoms with Crippen LogP contribution in [0.2, 0.25) is 5.02 Å². The zero-order valence-electron chi connectivity index (χ0n) is 23.7. The number of carbonyl (C=O) groups excluding carboxylic acids is 2. The number of alkyl halides is 3. The van der Waals surface area contributed by atoms with E-state index >= 15 is 0 Å². The first-order chi connectivity index (χ1) is 19.1. The summed E-state index contributed by atoms with van der Waals surface area (Å²) in [5.74, 6) is -3.07. The fourth-order valence-corrected chi connectivity index (χ4v) is 6.71. The number of aliphatic carboxylic acids is 1. The van der Waals surface area contributed by atoms with Gasteiger partial charge in [0.05, 0.1) is 35.3 Å². The van der Waals surface area contributed by atoms with Crippen molar-refractivity contribution in [3.63, 3.8) is 0 Å². The Bertz CT molecular complexity index is 1340. The van der Waals surface area contributed by atoms with Gasteiger partial charge in [0.25, 0.3) is 5.91 Å². The molecule has 0 saturated heterocycles. The van der Waals surface area contributed by atoms with Gasteiger partial charge in [-0.25, -0.2) is 0 Å². The van der Waals surface area contributed by atoms with Gasteiger partial charge in [-0.2, -0.15) is 18.3 Å². The molecular formula is C29H36ClF3N4O4. The lowest BCUT2D eigenvalue weighted by Crippen LogP contribution is -2.46. The summed E-state index contributed by atoms with van der Waals surface area (Å²) in [6, 6.07) is -0.735. The molecule has 0 aromatic carbocycles. The number of hydrogen-bond acceptors (Lipinski definition) is 5. The molecule has 224 valence electrons. The van der Waals surface area contributed by atoms with Crippen LogP contribution < -0.4 is 0 Å². The van der Waals surface area contributed by atoms with Crippen LogP contribution in [-0.2, 0) is 17.4 Å². The van der Waals surface area contributed by atoms with Gasteiger partial charge in [0.2, 0.25) is 0 Å². The number of nitrogens with zero attached hydrogens (tertiary/aromatic N) is 4. The van der Waals surface area contributed by atoms with Crippen molar-refractivity contribution in [3.8, 4) is 0 Å². The number of Topliss-reactive ketones (excluding diaryl/α,β-unsaturated/α-hetero) is 1. The predicted octanol–water partition coefficient (Wildman–Crippen LogP) is 6.48. The zero-order valence-corrected chi connectivity index (χ0v) is 24.5. The monoisotopic (exact) mass is 596 g/mol. The van der Waals surface area contributed by atoms with Crippen molar-refractivity contribution < 1.29 is 32.7 Å². The first kappa shape index (κ1) is 31.0. The van der Waals surface area contributed by atoms with Crippen LogP contribution in [0, 0.1) is 16.7 Å². The summed E-state index contributed by atoms with van der Waals surface area (Å²) >= 11 is 6.30. The van der Waals surface area contributed by atoms with Crippen LogP contribution >= 0.6 is 11.6 Å². The van der Waals surface area contributed by atoms with E-state index in [1.807, 2.05) is 13.8 Å². The zero-order chi connectivity index (χ0) is 30.3. The summed E-state index contributed by atoms with van der Waals surface area (Å²) in [4.78, 5) is 44.3. The molecule has 0 spiro atoms. The highest BCUT2D eigenvalue weighted by Crippen LogP contribution is 2.47. The number of carboxylic acids is 1. The van der Waals surface area contributed by atoms with Crippen molar-refractivity contribution in [1.82, 2.24) is 19.7 Å². The molecule has 0 unspecified atom stereocenters. The molecule has 2 fully saturated rings. The normalized spacial score (nSPS) is 21.7. The second kappa shape index (κ2) is 11.4. The lowest BCUT2D eigenvalue weighted by Gasteiger charge is -2.42. The molecule has 2 heterocycles. The second-order valence-electron chi connectivity index (χ2n) is 12.4. The number of pyridine rings is 1. The Hall–Kier alpha value is -2.95. The average molecular weight is 597 g/mol. The number of halogens is 4. The molecule has 12 heteroatoms. The van der Waals surface area contributed by atoms with Gasteiger partial charge in [-0.1, -0.05) is 45.7 Å². The molecule has 1 N–H and O–H groups in total. The topological polar surface area (TPSA) is 105 Å². The number of amides is 1. The van der Waals surface area contributed by atoms with E-state index in [-0.39, 0.29) is 41.8 Å². The molecule has 0 aliphatic heterocycles. The Morgan fingerprint density at radius 1 is 1.15 bits per heavy atom. The minimum Gasteiger partial charge on any atom is -0.481 e. The Morgan fingerprint density at radius 3 is 2.37 bits per heavy atom. The van der Waals surface area contributed by atoms with E-state index in [0.29, 0.717) is 12.0 Å². The number of carboxylic acid groups (broad SMARTS) is 1. The van der Waals surface area contributed by atoms with Gasteiger partial charge in [0.1, 0.15) is 0 Å². The highest BCUT2D eigenvalue weighted by molar-refractivity contribution is 6.34. The Morgan fingerprint density at radius 2 is 1.83 bits per heavy atom. The highest BCUT2D eigenvalue weighted by Gasteiger charge is 2.47. The summed E-state index contributed by atoms with van der Waals surface area (Å²) in [6.45, 7) is 6.91. The summed E-state index contributed by atoms with van der Waals surface area (Å²) in [5.41, 5.74) is -2.09. The third kappa shape index (κ3) is 6.29. The smallest absolute Gasteiger partial charge is 0.433 e. The molecule has 2 aromatic heterocycles. The summed E-state index contributed by atoms with van der Waals surface area (Å²) in [6.07, 6.45) is 2.37. The van der Waals surface area contributed by atoms with Gasteiger partial charge in [-0.15, -0.1) is 0 Å². The van der Waals surface area contributed by atoms with Crippen LogP contribution in [0.25, 0.3) is 0 Å². The molecule has 0 radical (unpaired) electrons. The van der Waals surface area contributed by atoms with Crippen LogP contribution in [0.3, 0.4) is 0 Å². The van der Waals surface area contributed by atoms with E-state index in [9.17, 15) is 32.7 Å². The van der Waals surface area contributed by atoms with Crippen LogP contribution in [0.5, 0.6) is 0 Å². The van der Waals surface area contributed by atoms with Crippen LogP contribution in [0.1, 0.15) is 104 Å². The van der Waals surface area contributed by atoms with E-state index in [2.05, 4.69) is 10.1 Å².